The van der Waals surface area contributed by atoms with E-state index in [1.165, 1.54) is 12.8 Å². The van der Waals surface area contributed by atoms with Crippen LogP contribution in [0.1, 0.15) is 60.7 Å². The molecule has 1 aromatic heterocycles. The maximum atomic E-state index is 12.8. The number of carbonyl (C=O) groups excluding carboxylic acids is 1. The molecule has 7 nitrogen and oxygen atoms in total. The highest BCUT2D eigenvalue weighted by Crippen LogP contribution is 2.30. The minimum Gasteiger partial charge on any atom is -0.488 e. The number of carbonyl (C=O) groups is 1. The highest BCUT2D eigenvalue weighted by Gasteiger charge is 2.24. The Morgan fingerprint density at radius 1 is 1.18 bits per heavy atom. The lowest BCUT2D eigenvalue weighted by Crippen LogP contribution is -2.30. The van der Waals surface area contributed by atoms with E-state index in [2.05, 4.69) is 20.9 Å². The van der Waals surface area contributed by atoms with E-state index in [1.807, 2.05) is 35.9 Å². The lowest BCUT2D eigenvalue weighted by molar-refractivity contribution is 0.102. The Morgan fingerprint density at radius 2 is 1.89 bits per heavy atom. The van der Waals surface area contributed by atoms with Crippen molar-refractivity contribution < 1.29 is 9.53 Å². The Hall–Kier alpha value is -2.12. The fraction of sp³-hybridized carbons (Fsp3) is 0.550. The van der Waals surface area contributed by atoms with Gasteiger partial charge in [-0.15, -0.1) is 17.5 Å². The fourth-order valence-corrected chi connectivity index (χ4v) is 3.99. The first-order valence-corrected chi connectivity index (χ1v) is 9.92. The molecule has 1 aliphatic heterocycles. The van der Waals surface area contributed by atoms with Crippen molar-refractivity contribution in [2.45, 2.75) is 57.6 Å². The number of para-hydroxylation sites is 2. The van der Waals surface area contributed by atoms with Crippen molar-refractivity contribution in [3.05, 3.63) is 35.7 Å². The van der Waals surface area contributed by atoms with Crippen molar-refractivity contribution in [3.63, 3.8) is 0 Å². The fourth-order valence-electron chi connectivity index (χ4n) is 3.99. The molecule has 2 aromatic rings. The highest BCUT2D eigenvalue weighted by atomic mass is 35.5. The van der Waals surface area contributed by atoms with Crippen LogP contribution < -0.4 is 15.4 Å². The summed E-state index contributed by atoms with van der Waals surface area (Å²) in [6.07, 6.45) is 6.81. The summed E-state index contributed by atoms with van der Waals surface area (Å²) in [7, 11) is 0. The van der Waals surface area contributed by atoms with Gasteiger partial charge in [-0.1, -0.05) is 17.3 Å². The maximum Gasteiger partial charge on any atom is 0.278 e. The average Bonchev–Trinajstić information content (AvgIpc) is 3.33. The zero-order chi connectivity index (χ0) is 18.6. The smallest absolute Gasteiger partial charge is 0.278 e. The van der Waals surface area contributed by atoms with Crippen LogP contribution in [-0.4, -0.2) is 40.1 Å². The molecule has 0 unspecified atom stereocenters. The zero-order valence-electron chi connectivity index (χ0n) is 16.2. The molecule has 1 aromatic carbocycles. The molecule has 4 rings (SSSR count). The Labute approximate surface area is 171 Å². The predicted octanol–water partition coefficient (Wildman–Crippen LogP) is 3.51. The summed E-state index contributed by atoms with van der Waals surface area (Å²) in [5, 5.41) is 14.7. The number of rotatable bonds is 5. The number of nitrogens with zero attached hydrogens (tertiary/aromatic N) is 3. The molecule has 0 spiro atoms. The van der Waals surface area contributed by atoms with Crippen LogP contribution in [0.5, 0.6) is 5.75 Å². The Balaban J connectivity index is 0.00000225. The number of piperidine rings is 1. The van der Waals surface area contributed by atoms with Crippen molar-refractivity contribution in [1.29, 1.82) is 0 Å². The largest absolute Gasteiger partial charge is 0.488 e. The molecule has 0 radical (unpaired) electrons. The first-order valence-electron chi connectivity index (χ1n) is 9.92. The second-order valence-electron chi connectivity index (χ2n) is 7.42. The van der Waals surface area contributed by atoms with Gasteiger partial charge in [0.15, 0.2) is 5.69 Å². The highest BCUT2D eigenvalue weighted by molar-refractivity contribution is 6.04. The third-order valence-corrected chi connectivity index (χ3v) is 5.53. The van der Waals surface area contributed by atoms with Crippen LogP contribution in [0.15, 0.2) is 24.3 Å². The molecule has 0 atom stereocenters. The number of ether oxygens (including phenoxy) is 1. The summed E-state index contributed by atoms with van der Waals surface area (Å²) in [5.41, 5.74) is 1.88. The molecule has 0 bridgehead atoms. The number of anilines is 1. The van der Waals surface area contributed by atoms with Crippen molar-refractivity contribution in [2.24, 2.45) is 0 Å². The van der Waals surface area contributed by atoms with Crippen molar-refractivity contribution in [2.75, 3.05) is 18.4 Å². The van der Waals surface area contributed by atoms with Crippen molar-refractivity contribution in [3.8, 4) is 5.75 Å². The molecule has 1 amide bonds. The van der Waals surface area contributed by atoms with Crippen LogP contribution in [0.4, 0.5) is 5.69 Å². The Morgan fingerprint density at radius 3 is 2.64 bits per heavy atom. The van der Waals surface area contributed by atoms with Gasteiger partial charge in [-0.3, -0.25) is 4.79 Å². The van der Waals surface area contributed by atoms with E-state index in [1.54, 1.807) is 0 Å². The van der Waals surface area contributed by atoms with Crippen LogP contribution in [0.25, 0.3) is 0 Å². The van der Waals surface area contributed by atoms with Gasteiger partial charge >= 0.3 is 0 Å². The predicted molar refractivity (Wildman–Crippen MR) is 110 cm³/mol. The summed E-state index contributed by atoms with van der Waals surface area (Å²) >= 11 is 0. The molecule has 1 aliphatic carbocycles. The van der Waals surface area contributed by atoms with Gasteiger partial charge < -0.3 is 15.4 Å². The van der Waals surface area contributed by atoms with E-state index in [9.17, 15) is 4.79 Å². The summed E-state index contributed by atoms with van der Waals surface area (Å²) in [6, 6.07) is 7.91. The van der Waals surface area contributed by atoms with Gasteiger partial charge in [0.25, 0.3) is 5.91 Å². The van der Waals surface area contributed by atoms with Gasteiger partial charge in [-0.2, -0.15) is 0 Å². The van der Waals surface area contributed by atoms with Crippen molar-refractivity contribution in [1.82, 2.24) is 20.3 Å². The van der Waals surface area contributed by atoms with Crippen LogP contribution in [0.2, 0.25) is 0 Å². The van der Waals surface area contributed by atoms with Gasteiger partial charge in [-0.05, 0) is 70.7 Å². The first-order chi connectivity index (χ1) is 13.2. The van der Waals surface area contributed by atoms with E-state index in [4.69, 9.17) is 4.74 Å². The van der Waals surface area contributed by atoms with E-state index in [0.29, 0.717) is 17.4 Å². The standard InChI is InChI=1S/C20H27N5O2.ClH/c1-14-19(23-24-25(14)15-10-12-21-13-11-15)20(26)22-17-8-4-5-9-18(17)27-16-6-2-3-7-16;/h4-5,8-9,15-16,21H,2-3,6-7,10-13H2,1H3,(H,22,26);1H. The van der Waals surface area contributed by atoms with Crippen LogP contribution >= 0.6 is 12.4 Å². The number of nitrogens with one attached hydrogen (secondary N) is 2. The second-order valence-corrected chi connectivity index (χ2v) is 7.42. The third kappa shape index (κ3) is 4.47. The lowest BCUT2D eigenvalue weighted by Gasteiger charge is -2.23. The molecule has 1 saturated heterocycles. The number of hydrogen-bond donors (Lipinski definition) is 2. The Bertz CT molecular complexity index is 798. The molecule has 2 heterocycles. The van der Waals surface area contributed by atoms with Crippen LogP contribution in [-0.2, 0) is 0 Å². The molecule has 28 heavy (non-hydrogen) atoms. The lowest BCUT2D eigenvalue weighted by atomic mass is 10.1. The molecular weight excluding hydrogens is 378 g/mol. The molecular formula is C20H28ClN5O2. The van der Waals surface area contributed by atoms with E-state index < -0.39 is 0 Å². The summed E-state index contributed by atoms with van der Waals surface area (Å²) in [4.78, 5) is 12.8. The summed E-state index contributed by atoms with van der Waals surface area (Å²) < 4.78 is 8.01. The molecule has 2 fully saturated rings. The van der Waals surface area contributed by atoms with E-state index in [-0.39, 0.29) is 24.4 Å². The number of aromatic nitrogens is 3. The van der Waals surface area contributed by atoms with Crippen molar-refractivity contribution >= 4 is 24.0 Å². The molecule has 1 saturated carbocycles. The third-order valence-electron chi connectivity index (χ3n) is 5.53. The molecule has 2 N–H and O–H groups in total. The monoisotopic (exact) mass is 405 g/mol. The number of halogens is 1. The van der Waals surface area contributed by atoms with Gasteiger partial charge in [0.05, 0.1) is 23.5 Å². The zero-order valence-corrected chi connectivity index (χ0v) is 17.0. The molecule has 8 heteroatoms. The minimum atomic E-state index is -0.241. The average molecular weight is 406 g/mol. The second kappa shape index (κ2) is 9.39. The molecule has 2 aliphatic rings. The summed E-state index contributed by atoms with van der Waals surface area (Å²) in [5.74, 6) is 0.483. The van der Waals surface area contributed by atoms with Crippen LogP contribution in [0.3, 0.4) is 0 Å². The number of amides is 1. The summed E-state index contributed by atoms with van der Waals surface area (Å²) in [6.45, 7) is 3.85. The SMILES string of the molecule is Cc1c(C(=O)Nc2ccccc2OC2CCCC2)nnn1C1CCNCC1.Cl. The Kier molecular flexibility index (Phi) is 6.91. The normalized spacial score (nSPS) is 17.9. The van der Waals surface area contributed by atoms with Gasteiger partial charge in [0.1, 0.15) is 5.75 Å². The maximum absolute atomic E-state index is 12.8. The number of benzene rings is 1. The quantitative estimate of drug-likeness (QED) is 0.795. The van der Waals surface area contributed by atoms with E-state index >= 15 is 0 Å². The minimum absolute atomic E-state index is 0. The van der Waals surface area contributed by atoms with Gasteiger partial charge in [0.2, 0.25) is 0 Å². The van der Waals surface area contributed by atoms with Gasteiger partial charge in [-0.25, -0.2) is 4.68 Å². The number of hydrogen-bond acceptors (Lipinski definition) is 5. The van der Waals surface area contributed by atoms with Crippen LogP contribution in [0, 0.1) is 6.92 Å². The topological polar surface area (TPSA) is 81.1 Å². The first kappa shape index (κ1) is 20.6. The molecule has 152 valence electrons. The van der Waals surface area contributed by atoms with E-state index in [0.717, 1.165) is 50.2 Å². The van der Waals surface area contributed by atoms with Gasteiger partial charge in [0, 0.05) is 0 Å².